The molecule has 5 heteroatoms. The fourth-order valence-electron chi connectivity index (χ4n) is 6.20. The first-order valence-corrected chi connectivity index (χ1v) is 20.4. The van der Waals surface area contributed by atoms with Gasteiger partial charge in [0.2, 0.25) is 0 Å². The van der Waals surface area contributed by atoms with Crippen LogP contribution in [0.3, 0.4) is 0 Å². The molecular formula is C41H78O5. The van der Waals surface area contributed by atoms with E-state index < -0.39 is 0 Å². The van der Waals surface area contributed by atoms with Crippen LogP contribution < -0.4 is 0 Å². The lowest BCUT2D eigenvalue weighted by Gasteiger charge is -2.18. The van der Waals surface area contributed by atoms with Crippen LogP contribution in [0.5, 0.6) is 0 Å². The average Bonchev–Trinajstić information content (AvgIpc) is 3.05. The van der Waals surface area contributed by atoms with Gasteiger partial charge in [0.05, 0.1) is 0 Å². The van der Waals surface area contributed by atoms with Gasteiger partial charge in [0.25, 0.3) is 0 Å². The van der Waals surface area contributed by atoms with Gasteiger partial charge >= 0.3 is 11.9 Å². The molecule has 0 fully saturated rings. The van der Waals surface area contributed by atoms with E-state index in [1.807, 2.05) is 0 Å². The second-order valence-corrected chi connectivity index (χ2v) is 14.0. The SMILES string of the molecule is CCCCCCCCC(CCCCCCCC)OC(=O)CCCCCCCC(=O)CCCCCCCC(=O)OC(CC)CCCC. The molecule has 0 amide bonds. The van der Waals surface area contributed by atoms with E-state index in [0.717, 1.165) is 103 Å². The number of hydrogen-bond acceptors (Lipinski definition) is 5. The molecule has 1 atom stereocenters. The summed E-state index contributed by atoms with van der Waals surface area (Å²) in [5, 5.41) is 0. The van der Waals surface area contributed by atoms with Crippen LogP contribution in [0.15, 0.2) is 0 Å². The lowest BCUT2D eigenvalue weighted by Crippen LogP contribution is -2.18. The van der Waals surface area contributed by atoms with Crippen molar-refractivity contribution < 1.29 is 23.9 Å². The van der Waals surface area contributed by atoms with Crippen molar-refractivity contribution in [3.63, 3.8) is 0 Å². The lowest BCUT2D eigenvalue weighted by atomic mass is 10.0. The number of ketones is 1. The van der Waals surface area contributed by atoms with Gasteiger partial charge in [-0.2, -0.15) is 0 Å². The van der Waals surface area contributed by atoms with Crippen molar-refractivity contribution >= 4 is 17.7 Å². The van der Waals surface area contributed by atoms with E-state index in [1.54, 1.807) is 0 Å². The first kappa shape index (κ1) is 44.6. The topological polar surface area (TPSA) is 69.7 Å². The van der Waals surface area contributed by atoms with Gasteiger partial charge in [0, 0.05) is 25.7 Å². The van der Waals surface area contributed by atoms with Gasteiger partial charge in [0.15, 0.2) is 0 Å². The predicted molar refractivity (Wildman–Crippen MR) is 195 cm³/mol. The molecule has 0 spiro atoms. The molecule has 5 nitrogen and oxygen atoms in total. The summed E-state index contributed by atoms with van der Waals surface area (Å²) in [6.45, 7) is 8.75. The maximum absolute atomic E-state index is 12.6. The number of rotatable bonds is 36. The summed E-state index contributed by atoms with van der Waals surface area (Å²) < 4.78 is 11.6. The molecule has 0 rings (SSSR count). The summed E-state index contributed by atoms with van der Waals surface area (Å²) in [7, 11) is 0. The second kappa shape index (κ2) is 34.9. The number of unbranched alkanes of at least 4 members (excludes halogenated alkanes) is 19. The summed E-state index contributed by atoms with van der Waals surface area (Å²) >= 11 is 0. The van der Waals surface area contributed by atoms with Crippen LogP contribution in [-0.4, -0.2) is 29.9 Å². The van der Waals surface area contributed by atoms with Crippen LogP contribution in [0.25, 0.3) is 0 Å². The molecule has 0 aromatic rings. The van der Waals surface area contributed by atoms with E-state index >= 15 is 0 Å². The zero-order chi connectivity index (χ0) is 33.9. The Bertz CT molecular complexity index is 674. The highest BCUT2D eigenvalue weighted by Crippen LogP contribution is 2.19. The minimum atomic E-state index is -0.0516. The molecule has 0 aromatic heterocycles. The minimum absolute atomic E-state index is 0.00961. The Kier molecular flexibility index (Phi) is 33.9. The maximum atomic E-state index is 12.6. The van der Waals surface area contributed by atoms with E-state index in [4.69, 9.17) is 9.47 Å². The highest BCUT2D eigenvalue weighted by atomic mass is 16.5. The smallest absolute Gasteiger partial charge is 0.306 e. The van der Waals surface area contributed by atoms with Gasteiger partial charge in [-0.3, -0.25) is 14.4 Å². The van der Waals surface area contributed by atoms with E-state index in [-0.39, 0.29) is 24.1 Å². The van der Waals surface area contributed by atoms with Gasteiger partial charge in [0.1, 0.15) is 18.0 Å². The zero-order valence-electron chi connectivity index (χ0n) is 31.3. The second-order valence-electron chi connectivity index (χ2n) is 14.0. The van der Waals surface area contributed by atoms with Crippen LogP contribution in [-0.2, 0) is 23.9 Å². The number of carbonyl (C=O) groups is 3. The average molecular weight is 651 g/mol. The Morgan fingerprint density at radius 1 is 0.370 bits per heavy atom. The fraction of sp³-hybridized carbons (Fsp3) is 0.927. The molecule has 0 aliphatic heterocycles. The van der Waals surface area contributed by atoms with Crippen molar-refractivity contribution in [3.05, 3.63) is 0 Å². The molecule has 0 aliphatic carbocycles. The Hall–Kier alpha value is -1.39. The summed E-state index contributed by atoms with van der Waals surface area (Å²) in [5.74, 6) is 0.320. The summed E-state index contributed by atoms with van der Waals surface area (Å²) in [5.41, 5.74) is 0. The molecule has 0 radical (unpaired) electrons. The van der Waals surface area contributed by atoms with Crippen molar-refractivity contribution in [2.75, 3.05) is 0 Å². The minimum Gasteiger partial charge on any atom is -0.462 e. The lowest BCUT2D eigenvalue weighted by molar-refractivity contribution is -0.150. The molecule has 0 aliphatic rings. The van der Waals surface area contributed by atoms with Crippen molar-refractivity contribution in [1.82, 2.24) is 0 Å². The molecule has 0 saturated carbocycles. The van der Waals surface area contributed by atoms with Crippen LogP contribution in [0.4, 0.5) is 0 Å². The van der Waals surface area contributed by atoms with E-state index in [2.05, 4.69) is 27.7 Å². The number of ether oxygens (including phenoxy) is 2. The summed E-state index contributed by atoms with van der Waals surface area (Å²) in [6, 6.07) is 0. The normalized spacial score (nSPS) is 12.0. The number of esters is 2. The van der Waals surface area contributed by atoms with Crippen molar-refractivity contribution in [2.45, 2.75) is 245 Å². The molecule has 0 N–H and O–H groups in total. The van der Waals surface area contributed by atoms with Crippen molar-refractivity contribution in [1.29, 1.82) is 0 Å². The van der Waals surface area contributed by atoms with Crippen LogP contribution in [0, 0.1) is 0 Å². The standard InChI is InChI=1S/C41H78O5/c1-5-9-12-14-20-26-33-39(34-27-21-15-13-10-6-2)46-41(44)36-29-23-17-19-25-31-37(42)30-24-18-16-22-28-35-40(43)45-38(8-4)32-11-7-3/h38-39H,5-36H2,1-4H3. The Labute approximate surface area is 286 Å². The number of carbonyl (C=O) groups excluding carboxylic acids is 3. The fourth-order valence-corrected chi connectivity index (χ4v) is 6.20. The molecule has 1 unspecified atom stereocenters. The number of hydrogen-bond donors (Lipinski definition) is 0. The van der Waals surface area contributed by atoms with Gasteiger partial charge < -0.3 is 9.47 Å². The molecule has 272 valence electrons. The molecule has 0 bridgehead atoms. The first-order valence-electron chi connectivity index (χ1n) is 20.4. The van der Waals surface area contributed by atoms with Crippen LogP contribution in [0.2, 0.25) is 0 Å². The van der Waals surface area contributed by atoms with Crippen molar-refractivity contribution in [3.8, 4) is 0 Å². The third-order valence-electron chi connectivity index (χ3n) is 9.36. The zero-order valence-corrected chi connectivity index (χ0v) is 31.3. The van der Waals surface area contributed by atoms with Gasteiger partial charge in [-0.25, -0.2) is 0 Å². The van der Waals surface area contributed by atoms with E-state index in [0.29, 0.717) is 31.5 Å². The number of Topliss-reactive ketones (excluding diaryl/α,β-unsaturated/α-hetero) is 1. The highest BCUT2D eigenvalue weighted by molar-refractivity contribution is 5.78. The monoisotopic (exact) mass is 651 g/mol. The van der Waals surface area contributed by atoms with Crippen LogP contribution >= 0.6 is 0 Å². The molecule has 46 heavy (non-hydrogen) atoms. The van der Waals surface area contributed by atoms with Crippen LogP contribution in [0.1, 0.15) is 233 Å². The quantitative estimate of drug-likeness (QED) is 0.0498. The Morgan fingerprint density at radius 2 is 0.696 bits per heavy atom. The Balaban J connectivity index is 3.86. The molecule has 0 aromatic carbocycles. The van der Waals surface area contributed by atoms with Crippen molar-refractivity contribution in [2.24, 2.45) is 0 Å². The Morgan fingerprint density at radius 3 is 1.11 bits per heavy atom. The highest BCUT2D eigenvalue weighted by Gasteiger charge is 2.15. The van der Waals surface area contributed by atoms with E-state index in [1.165, 1.54) is 77.0 Å². The molecule has 0 heterocycles. The van der Waals surface area contributed by atoms with Gasteiger partial charge in [-0.15, -0.1) is 0 Å². The third kappa shape index (κ3) is 31.2. The molecular weight excluding hydrogens is 572 g/mol. The summed E-state index contributed by atoms with van der Waals surface area (Å²) in [6.07, 6.45) is 34.1. The van der Waals surface area contributed by atoms with E-state index in [9.17, 15) is 14.4 Å². The summed E-state index contributed by atoms with van der Waals surface area (Å²) in [4.78, 5) is 36.9. The first-order chi connectivity index (χ1) is 22.5. The third-order valence-corrected chi connectivity index (χ3v) is 9.36. The van der Waals surface area contributed by atoms with Gasteiger partial charge in [-0.05, 0) is 64.2 Å². The maximum Gasteiger partial charge on any atom is 0.306 e. The predicted octanol–water partition coefficient (Wildman–Crippen LogP) is 12.9. The molecule has 0 saturated heterocycles. The largest absolute Gasteiger partial charge is 0.462 e. The van der Waals surface area contributed by atoms with Gasteiger partial charge in [-0.1, -0.05) is 143 Å².